The first-order chi connectivity index (χ1) is 7.78. The van der Waals surface area contributed by atoms with Gasteiger partial charge in [-0.2, -0.15) is 4.37 Å². The van der Waals surface area contributed by atoms with Crippen molar-refractivity contribution in [2.75, 3.05) is 18.2 Å². The first-order valence-electron chi connectivity index (χ1n) is 5.83. The third kappa shape index (κ3) is 1.54. The number of nitrogen functional groups attached to an aromatic ring is 1. The summed E-state index contributed by atoms with van der Waals surface area (Å²) in [5.74, 6) is 3.00. The third-order valence-corrected chi connectivity index (χ3v) is 4.71. The van der Waals surface area contributed by atoms with Gasteiger partial charge in [0.05, 0.1) is 7.11 Å². The van der Waals surface area contributed by atoms with Crippen LogP contribution in [-0.2, 0) is 0 Å². The van der Waals surface area contributed by atoms with Crippen LogP contribution in [0, 0.1) is 11.8 Å². The number of fused-ring (bicyclic) bond motifs is 2. The number of aromatic nitrogens is 1. The van der Waals surface area contributed by atoms with Crippen molar-refractivity contribution in [3.63, 3.8) is 0 Å². The Labute approximate surface area is 99.3 Å². The highest BCUT2D eigenvalue weighted by atomic mass is 32.1. The van der Waals surface area contributed by atoms with Gasteiger partial charge < -0.3 is 15.8 Å². The number of anilines is 2. The lowest BCUT2D eigenvalue weighted by Crippen LogP contribution is -2.25. The lowest BCUT2D eigenvalue weighted by Gasteiger charge is -2.23. The standard InChI is InChI=1S/C11H17N3OS/c1-15-9-10(12)14-16-11(9)13-8-5-6-2-3-7(8)4-6/h6-8,13H,2-5H2,1H3,(H2,12,14). The molecule has 5 heteroatoms. The zero-order valence-electron chi connectivity index (χ0n) is 9.40. The van der Waals surface area contributed by atoms with Crippen LogP contribution in [0.2, 0.25) is 0 Å². The molecule has 1 aromatic heterocycles. The molecule has 88 valence electrons. The summed E-state index contributed by atoms with van der Waals surface area (Å²) in [6, 6.07) is 0.604. The number of nitrogens with zero attached hydrogens (tertiary/aromatic N) is 1. The van der Waals surface area contributed by atoms with Gasteiger partial charge in [0.2, 0.25) is 0 Å². The van der Waals surface area contributed by atoms with E-state index in [4.69, 9.17) is 10.5 Å². The van der Waals surface area contributed by atoms with Crippen molar-refractivity contribution in [3.8, 4) is 5.75 Å². The molecule has 0 radical (unpaired) electrons. The molecule has 1 heterocycles. The van der Waals surface area contributed by atoms with E-state index < -0.39 is 0 Å². The molecule has 3 rings (SSSR count). The molecule has 3 N–H and O–H groups in total. The number of rotatable bonds is 3. The molecule has 16 heavy (non-hydrogen) atoms. The Morgan fingerprint density at radius 2 is 2.31 bits per heavy atom. The lowest BCUT2D eigenvalue weighted by atomic mass is 9.95. The highest BCUT2D eigenvalue weighted by Gasteiger charge is 2.39. The van der Waals surface area contributed by atoms with Gasteiger partial charge in [0.25, 0.3) is 0 Å². The van der Waals surface area contributed by atoms with E-state index >= 15 is 0 Å². The summed E-state index contributed by atoms with van der Waals surface area (Å²) in [6.45, 7) is 0. The molecular formula is C11H17N3OS. The van der Waals surface area contributed by atoms with E-state index in [9.17, 15) is 0 Å². The smallest absolute Gasteiger partial charge is 0.197 e. The number of nitrogens with two attached hydrogens (primary N) is 1. The topological polar surface area (TPSA) is 60.2 Å². The summed E-state index contributed by atoms with van der Waals surface area (Å²) in [7, 11) is 1.64. The SMILES string of the molecule is COc1c(N)nsc1NC1CC2CCC1C2. The quantitative estimate of drug-likeness (QED) is 0.850. The summed E-state index contributed by atoms with van der Waals surface area (Å²) in [6.07, 6.45) is 5.49. The van der Waals surface area contributed by atoms with Crippen molar-refractivity contribution >= 4 is 22.4 Å². The number of methoxy groups -OCH3 is 1. The highest BCUT2D eigenvalue weighted by molar-refractivity contribution is 7.11. The minimum atomic E-state index is 0.498. The molecule has 2 aliphatic carbocycles. The minimum absolute atomic E-state index is 0.498. The molecule has 2 saturated carbocycles. The molecular weight excluding hydrogens is 222 g/mol. The molecule has 0 saturated heterocycles. The first-order valence-corrected chi connectivity index (χ1v) is 6.61. The van der Waals surface area contributed by atoms with E-state index in [0.717, 1.165) is 16.8 Å². The fourth-order valence-corrected chi connectivity index (χ4v) is 3.92. The van der Waals surface area contributed by atoms with E-state index in [0.29, 0.717) is 17.6 Å². The highest BCUT2D eigenvalue weighted by Crippen LogP contribution is 2.47. The summed E-state index contributed by atoms with van der Waals surface area (Å²) < 4.78 is 9.39. The van der Waals surface area contributed by atoms with Crippen LogP contribution in [0.4, 0.5) is 10.8 Å². The van der Waals surface area contributed by atoms with Gasteiger partial charge in [-0.1, -0.05) is 6.42 Å². The van der Waals surface area contributed by atoms with Crippen LogP contribution in [0.5, 0.6) is 5.75 Å². The molecule has 0 aromatic carbocycles. The van der Waals surface area contributed by atoms with Gasteiger partial charge in [0.15, 0.2) is 16.6 Å². The van der Waals surface area contributed by atoms with Gasteiger partial charge in [0.1, 0.15) is 0 Å². The minimum Gasteiger partial charge on any atom is -0.490 e. The zero-order valence-corrected chi connectivity index (χ0v) is 10.2. The summed E-state index contributed by atoms with van der Waals surface area (Å²) in [5, 5.41) is 4.56. The van der Waals surface area contributed by atoms with Crippen molar-refractivity contribution in [1.29, 1.82) is 0 Å². The Hall–Kier alpha value is -0.970. The van der Waals surface area contributed by atoms with Crippen LogP contribution in [0.25, 0.3) is 0 Å². The van der Waals surface area contributed by atoms with Crippen molar-refractivity contribution in [1.82, 2.24) is 4.37 Å². The molecule has 2 fully saturated rings. The van der Waals surface area contributed by atoms with Crippen LogP contribution in [0.15, 0.2) is 0 Å². The average Bonchev–Trinajstić information content (AvgIpc) is 2.94. The van der Waals surface area contributed by atoms with E-state index in [1.165, 1.54) is 37.2 Å². The second-order valence-corrected chi connectivity index (χ2v) is 5.63. The van der Waals surface area contributed by atoms with Gasteiger partial charge in [0, 0.05) is 6.04 Å². The van der Waals surface area contributed by atoms with Crippen molar-refractivity contribution in [2.24, 2.45) is 11.8 Å². The molecule has 3 unspecified atom stereocenters. The predicted molar refractivity (Wildman–Crippen MR) is 65.9 cm³/mol. The van der Waals surface area contributed by atoms with Crippen LogP contribution >= 0.6 is 11.5 Å². The largest absolute Gasteiger partial charge is 0.490 e. The van der Waals surface area contributed by atoms with E-state index in [-0.39, 0.29) is 0 Å². The molecule has 3 atom stereocenters. The summed E-state index contributed by atoms with van der Waals surface area (Å²) in [5.41, 5.74) is 5.74. The van der Waals surface area contributed by atoms with Crippen molar-refractivity contribution < 1.29 is 4.74 Å². The maximum Gasteiger partial charge on any atom is 0.197 e. The Kier molecular flexibility index (Phi) is 2.42. The van der Waals surface area contributed by atoms with Crippen LogP contribution in [-0.4, -0.2) is 17.5 Å². The number of nitrogens with one attached hydrogen (secondary N) is 1. The summed E-state index contributed by atoms with van der Waals surface area (Å²) >= 11 is 1.40. The first kappa shape index (κ1) is 10.2. The zero-order chi connectivity index (χ0) is 11.1. The maximum atomic E-state index is 5.74. The molecule has 0 amide bonds. The Bertz CT molecular complexity index is 393. The monoisotopic (exact) mass is 239 g/mol. The predicted octanol–water partition coefficient (Wildman–Crippen LogP) is 2.33. The molecule has 2 bridgehead atoms. The van der Waals surface area contributed by atoms with Gasteiger partial charge in [-0.3, -0.25) is 0 Å². The van der Waals surface area contributed by atoms with E-state index in [1.807, 2.05) is 0 Å². The molecule has 2 aliphatic rings. The van der Waals surface area contributed by atoms with Crippen molar-refractivity contribution in [3.05, 3.63) is 0 Å². The molecule has 1 aromatic rings. The second-order valence-electron chi connectivity index (χ2n) is 4.86. The van der Waals surface area contributed by atoms with Gasteiger partial charge in [-0.25, -0.2) is 0 Å². The average molecular weight is 239 g/mol. The number of ether oxygens (including phenoxy) is 1. The van der Waals surface area contributed by atoms with Crippen LogP contribution in [0.1, 0.15) is 25.7 Å². The van der Waals surface area contributed by atoms with Crippen LogP contribution in [0.3, 0.4) is 0 Å². The Morgan fingerprint density at radius 3 is 2.94 bits per heavy atom. The van der Waals surface area contributed by atoms with Gasteiger partial charge in [-0.15, -0.1) is 0 Å². The fourth-order valence-electron chi connectivity index (χ4n) is 3.17. The van der Waals surface area contributed by atoms with Crippen molar-refractivity contribution in [2.45, 2.75) is 31.7 Å². The lowest BCUT2D eigenvalue weighted by molar-refractivity contribution is 0.413. The fraction of sp³-hybridized carbons (Fsp3) is 0.727. The number of hydrogen-bond donors (Lipinski definition) is 2. The Morgan fingerprint density at radius 1 is 1.44 bits per heavy atom. The van der Waals surface area contributed by atoms with E-state index in [1.54, 1.807) is 7.11 Å². The van der Waals surface area contributed by atoms with Gasteiger partial charge in [-0.05, 0) is 42.6 Å². The van der Waals surface area contributed by atoms with Gasteiger partial charge >= 0.3 is 0 Å². The Balaban J connectivity index is 1.74. The normalized spacial score (nSPS) is 31.9. The number of hydrogen-bond acceptors (Lipinski definition) is 5. The third-order valence-electron chi connectivity index (χ3n) is 3.93. The van der Waals surface area contributed by atoms with Crippen LogP contribution < -0.4 is 15.8 Å². The maximum absolute atomic E-state index is 5.74. The van der Waals surface area contributed by atoms with E-state index in [2.05, 4.69) is 9.69 Å². The summed E-state index contributed by atoms with van der Waals surface area (Å²) in [4.78, 5) is 0. The molecule has 0 aliphatic heterocycles. The second kappa shape index (κ2) is 3.80. The molecule has 4 nitrogen and oxygen atoms in total. The molecule has 0 spiro atoms.